The maximum atomic E-state index is 12.5. The van der Waals surface area contributed by atoms with Crippen LogP contribution >= 0.6 is 0 Å². The second-order valence-corrected chi connectivity index (χ2v) is 4.80. The van der Waals surface area contributed by atoms with Crippen molar-refractivity contribution >= 4 is 5.78 Å². The fourth-order valence-corrected chi connectivity index (χ4v) is 2.40. The summed E-state index contributed by atoms with van der Waals surface area (Å²) < 4.78 is 10.8. The molecule has 2 aromatic rings. The minimum atomic E-state index is -0.168. The van der Waals surface area contributed by atoms with Crippen molar-refractivity contribution in [2.24, 2.45) is 5.92 Å². The second kappa shape index (κ2) is 5.33. The number of aromatic nitrogens is 1. The predicted octanol–water partition coefficient (Wildman–Crippen LogP) is 2.52. The van der Waals surface area contributed by atoms with E-state index in [-0.39, 0.29) is 11.7 Å². The number of fused-ring (bicyclic) bond motifs is 1. The highest BCUT2D eigenvalue weighted by Gasteiger charge is 2.29. The Morgan fingerprint density at radius 3 is 3.05 bits per heavy atom. The molecule has 4 heteroatoms. The first-order valence-corrected chi connectivity index (χ1v) is 6.52. The van der Waals surface area contributed by atoms with Crippen molar-refractivity contribution in [2.45, 2.75) is 6.42 Å². The highest BCUT2D eigenvalue weighted by Crippen LogP contribution is 2.31. The van der Waals surface area contributed by atoms with Gasteiger partial charge in [0.25, 0.3) is 0 Å². The monoisotopic (exact) mass is 269 g/mol. The lowest BCUT2D eigenvalue weighted by molar-refractivity contribution is 0.0830. The summed E-state index contributed by atoms with van der Waals surface area (Å²) in [7, 11) is 1.59. The molecule has 1 aliphatic heterocycles. The summed E-state index contributed by atoms with van der Waals surface area (Å²) >= 11 is 0. The molecule has 3 rings (SSSR count). The largest absolute Gasteiger partial charge is 0.497 e. The lowest BCUT2D eigenvalue weighted by Crippen LogP contribution is -2.29. The Morgan fingerprint density at radius 1 is 1.40 bits per heavy atom. The smallest absolute Gasteiger partial charge is 0.173 e. The van der Waals surface area contributed by atoms with Gasteiger partial charge in [-0.3, -0.25) is 9.78 Å². The molecule has 0 amide bonds. The minimum absolute atomic E-state index is 0.106. The van der Waals surface area contributed by atoms with E-state index in [1.54, 1.807) is 37.7 Å². The maximum absolute atomic E-state index is 12.5. The molecular weight excluding hydrogens is 254 g/mol. The Labute approximate surface area is 117 Å². The quantitative estimate of drug-likeness (QED) is 0.859. The third-order valence-electron chi connectivity index (χ3n) is 3.47. The summed E-state index contributed by atoms with van der Waals surface area (Å²) in [4.78, 5) is 16.6. The van der Waals surface area contributed by atoms with Crippen LogP contribution in [0.4, 0.5) is 0 Å². The molecule has 0 fully saturated rings. The number of carbonyl (C=O) groups is 1. The van der Waals surface area contributed by atoms with Gasteiger partial charge in [-0.2, -0.15) is 0 Å². The molecule has 20 heavy (non-hydrogen) atoms. The van der Waals surface area contributed by atoms with Crippen LogP contribution in [0.2, 0.25) is 0 Å². The number of hydrogen-bond acceptors (Lipinski definition) is 4. The van der Waals surface area contributed by atoms with E-state index in [9.17, 15) is 4.79 Å². The Kier molecular flexibility index (Phi) is 3.37. The number of carbonyl (C=O) groups excluding carboxylic acids is 1. The Bertz CT molecular complexity index is 625. The van der Waals surface area contributed by atoms with Crippen LogP contribution in [0.25, 0.3) is 0 Å². The Morgan fingerprint density at radius 2 is 2.30 bits per heavy atom. The van der Waals surface area contributed by atoms with Gasteiger partial charge in [0.05, 0.1) is 25.2 Å². The van der Waals surface area contributed by atoms with Gasteiger partial charge in [-0.15, -0.1) is 0 Å². The third kappa shape index (κ3) is 2.37. The fraction of sp³-hybridized carbons (Fsp3) is 0.250. The van der Waals surface area contributed by atoms with E-state index in [0.717, 1.165) is 5.56 Å². The number of Topliss-reactive ketones (excluding diaryl/α,β-unsaturated/α-hetero) is 1. The van der Waals surface area contributed by atoms with Crippen LogP contribution in [0, 0.1) is 5.92 Å². The predicted molar refractivity (Wildman–Crippen MR) is 74.3 cm³/mol. The van der Waals surface area contributed by atoms with Crippen molar-refractivity contribution in [1.82, 2.24) is 4.98 Å². The molecular formula is C16H15NO3. The molecule has 0 saturated carbocycles. The summed E-state index contributed by atoms with van der Waals surface area (Å²) in [6.45, 7) is 0.410. The molecule has 0 radical (unpaired) electrons. The van der Waals surface area contributed by atoms with Crippen LogP contribution in [-0.4, -0.2) is 24.5 Å². The van der Waals surface area contributed by atoms with E-state index < -0.39 is 0 Å². The van der Waals surface area contributed by atoms with Gasteiger partial charge in [-0.05, 0) is 36.2 Å². The van der Waals surface area contributed by atoms with Crippen molar-refractivity contribution in [1.29, 1.82) is 0 Å². The van der Waals surface area contributed by atoms with Crippen molar-refractivity contribution in [3.05, 3.63) is 53.9 Å². The van der Waals surface area contributed by atoms with Gasteiger partial charge < -0.3 is 9.47 Å². The molecule has 0 aliphatic carbocycles. The molecule has 0 N–H and O–H groups in total. The van der Waals surface area contributed by atoms with Crippen LogP contribution < -0.4 is 9.47 Å². The van der Waals surface area contributed by atoms with E-state index >= 15 is 0 Å². The van der Waals surface area contributed by atoms with E-state index in [1.807, 2.05) is 12.1 Å². The van der Waals surface area contributed by atoms with Crippen LogP contribution in [-0.2, 0) is 6.42 Å². The summed E-state index contributed by atoms with van der Waals surface area (Å²) in [5.74, 6) is 1.24. The lowest BCUT2D eigenvalue weighted by Gasteiger charge is -2.24. The van der Waals surface area contributed by atoms with Crippen molar-refractivity contribution in [2.75, 3.05) is 13.7 Å². The highest BCUT2D eigenvalue weighted by molar-refractivity contribution is 6.01. The first-order chi connectivity index (χ1) is 9.78. The number of ether oxygens (including phenoxy) is 2. The van der Waals surface area contributed by atoms with Gasteiger partial charge in [0.1, 0.15) is 11.5 Å². The second-order valence-electron chi connectivity index (χ2n) is 4.80. The van der Waals surface area contributed by atoms with Gasteiger partial charge in [0.2, 0.25) is 0 Å². The molecule has 1 aromatic heterocycles. The van der Waals surface area contributed by atoms with Crippen LogP contribution in [0.15, 0.2) is 42.7 Å². The first-order valence-electron chi connectivity index (χ1n) is 6.52. The summed E-state index contributed by atoms with van der Waals surface area (Å²) in [5, 5.41) is 0. The SMILES string of the molecule is COc1ccc2c(c1)C(=O)C(Cc1cccnc1)CO2. The summed E-state index contributed by atoms with van der Waals surface area (Å²) in [6, 6.07) is 9.18. The number of nitrogens with zero attached hydrogens (tertiary/aromatic N) is 1. The molecule has 1 aliphatic rings. The van der Waals surface area contributed by atoms with Gasteiger partial charge in [-0.25, -0.2) is 0 Å². The fourth-order valence-electron chi connectivity index (χ4n) is 2.40. The maximum Gasteiger partial charge on any atom is 0.173 e. The molecule has 0 bridgehead atoms. The van der Waals surface area contributed by atoms with E-state index in [4.69, 9.17) is 9.47 Å². The zero-order valence-electron chi connectivity index (χ0n) is 11.2. The molecule has 0 spiro atoms. The Hall–Kier alpha value is -2.36. The van der Waals surface area contributed by atoms with Crippen LogP contribution in [0.1, 0.15) is 15.9 Å². The normalized spacial score (nSPS) is 17.2. The molecule has 1 atom stereocenters. The molecule has 4 nitrogen and oxygen atoms in total. The van der Waals surface area contributed by atoms with E-state index in [2.05, 4.69) is 4.98 Å². The standard InChI is InChI=1S/C16H15NO3/c1-19-13-4-5-15-14(8-13)16(18)12(10-20-15)7-11-3-2-6-17-9-11/h2-6,8-9,12H,7,10H2,1H3. The number of methoxy groups -OCH3 is 1. The van der Waals surface area contributed by atoms with Crippen molar-refractivity contribution < 1.29 is 14.3 Å². The molecule has 2 heterocycles. The number of ketones is 1. The topological polar surface area (TPSA) is 48.4 Å². The zero-order chi connectivity index (χ0) is 13.9. The summed E-state index contributed by atoms with van der Waals surface area (Å²) in [5.41, 5.74) is 1.64. The molecule has 0 saturated heterocycles. The van der Waals surface area contributed by atoms with Crippen LogP contribution in [0.5, 0.6) is 11.5 Å². The highest BCUT2D eigenvalue weighted by atomic mass is 16.5. The van der Waals surface area contributed by atoms with Gasteiger partial charge in [0.15, 0.2) is 5.78 Å². The minimum Gasteiger partial charge on any atom is -0.497 e. The van der Waals surface area contributed by atoms with Crippen molar-refractivity contribution in [3.8, 4) is 11.5 Å². The number of pyridine rings is 1. The molecule has 102 valence electrons. The van der Waals surface area contributed by atoms with Crippen LogP contribution in [0.3, 0.4) is 0 Å². The number of rotatable bonds is 3. The Balaban J connectivity index is 1.85. The number of hydrogen-bond donors (Lipinski definition) is 0. The molecule has 1 unspecified atom stereocenters. The zero-order valence-corrected chi connectivity index (χ0v) is 11.2. The van der Waals surface area contributed by atoms with Crippen molar-refractivity contribution in [3.63, 3.8) is 0 Å². The van der Waals surface area contributed by atoms with E-state index in [1.165, 1.54) is 0 Å². The van der Waals surface area contributed by atoms with Gasteiger partial charge >= 0.3 is 0 Å². The van der Waals surface area contributed by atoms with Gasteiger partial charge in [0, 0.05) is 12.4 Å². The average Bonchev–Trinajstić information content (AvgIpc) is 2.51. The lowest BCUT2D eigenvalue weighted by atomic mass is 9.90. The van der Waals surface area contributed by atoms with E-state index in [0.29, 0.717) is 30.1 Å². The first kappa shape index (κ1) is 12.7. The summed E-state index contributed by atoms with van der Waals surface area (Å²) in [6.07, 6.45) is 4.15. The third-order valence-corrected chi connectivity index (χ3v) is 3.47. The number of benzene rings is 1. The average molecular weight is 269 g/mol. The van der Waals surface area contributed by atoms with Gasteiger partial charge in [-0.1, -0.05) is 6.07 Å². The molecule has 1 aromatic carbocycles.